The Balaban J connectivity index is 1.25. The number of anilines is 1. The molecule has 0 saturated carbocycles. The molecule has 0 radical (unpaired) electrons. The number of unbranched alkanes of at least 4 members (excludes halogenated alkanes) is 1. The van der Waals surface area contributed by atoms with Crippen molar-refractivity contribution in [3.8, 4) is 0 Å². The molecule has 0 atom stereocenters. The first-order valence-electron chi connectivity index (χ1n) is 11.2. The van der Waals surface area contributed by atoms with Gasteiger partial charge < -0.3 is 9.84 Å². The molecule has 0 amide bonds. The Labute approximate surface area is 205 Å². The number of aromatic nitrogens is 1. The number of halogens is 4. The first-order chi connectivity index (χ1) is 17.1. The Kier molecular flexibility index (Phi) is 7.60. The largest absolute Gasteiger partial charge is 0.416 e. The summed E-state index contributed by atoms with van der Waals surface area (Å²) in [5.41, 5.74) is 1.45. The summed E-state index contributed by atoms with van der Waals surface area (Å²) in [6.45, 7) is 1.22. The standard InChI is InChI=1S/C25H23F4N3O3S/c26-19-9-12-22-23(31-35-24(22)15-19)6-1-2-13-30-16-17-4-3-5-20(14-17)32-36(33,34)21-10-7-18(8-11-21)25(27,28)29/h3-5,7-12,14-15,30,32H,1-2,6,13,16H2. The van der Waals surface area contributed by atoms with Crippen LogP contribution in [0, 0.1) is 5.82 Å². The van der Waals surface area contributed by atoms with Crippen molar-refractivity contribution in [2.45, 2.75) is 36.9 Å². The minimum Gasteiger partial charge on any atom is -0.356 e. The number of benzene rings is 3. The van der Waals surface area contributed by atoms with E-state index in [-0.39, 0.29) is 10.7 Å². The Morgan fingerprint density at radius 3 is 2.47 bits per heavy atom. The number of nitrogens with one attached hydrogen (secondary N) is 2. The Morgan fingerprint density at radius 2 is 1.72 bits per heavy atom. The summed E-state index contributed by atoms with van der Waals surface area (Å²) < 4.78 is 84.1. The summed E-state index contributed by atoms with van der Waals surface area (Å²) in [7, 11) is -4.04. The number of hydrogen-bond donors (Lipinski definition) is 2. The fourth-order valence-corrected chi connectivity index (χ4v) is 4.75. The SMILES string of the molecule is O=S(=O)(Nc1cccc(CNCCCCc2noc3cc(F)ccc23)c1)c1ccc(C(F)(F)F)cc1. The highest BCUT2D eigenvalue weighted by molar-refractivity contribution is 7.92. The van der Waals surface area contributed by atoms with E-state index in [1.54, 1.807) is 24.3 Å². The molecule has 36 heavy (non-hydrogen) atoms. The molecular formula is C25H23F4N3O3S. The van der Waals surface area contributed by atoms with Gasteiger partial charge in [-0.3, -0.25) is 4.72 Å². The highest BCUT2D eigenvalue weighted by Gasteiger charge is 2.30. The normalized spacial score (nSPS) is 12.2. The molecule has 1 heterocycles. The minimum atomic E-state index is -4.54. The van der Waals surface area contributed by atoms with Crippen molar-refractivity contribution in [1.29, 1.82) is 0 Å². The van der Waals surface area contributed by atoms with Gasteiger partial charge in [0.2, 0.25) is 0 Å². The maximum absolute atomic E-state index is 13.2. The Bertz CT molecular complexity index is 1440. The average Bonchev–Trinajstić information content (AvgIpc) is 3.22. The maximum atomic E-state index is 13.2. The first-order valence-corrected chi connectivity index (χ1v) is 12.6. The lowest BCUT2D eigenvalue weighted by molar-refractivity contribution is -0.137. The number of alkyl halides is 3. The molecule has 0 bridgehead atoms. The zero-order chi connectivity index (χ0) is 25.8. The molecule has 0 aliphatic rings. The molecule has 0 saturated heterocycles. The number of rotatable bonds is 10. The van der Waals surface area contributed by atoms with Crippen LogP contribution >= 0.6 is 0 Å². The highest BCUT2D eigenvalue weighted by Crippen LogP contribution is 2.30. The van der Waals surface area contributed by atoms with Gasteiger partial charge in [-0.1, -0.05) is 17.3 Å². The number of sulfonamides is 1. The van der Waals surface area contributed by atoms with Crippen LogP contribution in [0.1, 0.15) is 29.7 Å². The van der Waals surface area contributed by atoms with E-state index in [1.165, 1.54) is 12.1 Å². The fraction of sp³-hybridized carbons (Fsp3) is 0.240. The van der Waals surface area contributed by atoms with Crippen LogP contribution in [0.25, 0.3) is 11.0 Å². The quantitative estimate of drug-likeness (QED) is 0.201. The van der Waals surface area contributed by atoms with Crippen molar-refractivity contribution in [3.63, 3.8) is 0 Å². The number of hydrogen-bond acceptors (Lipinski definition) is 5. The molecule has 2 N–H and O–H groups in total. The topological polar surface area (TPSA) is 84.2 Å². The van der Waals surface area contributed by atoms with Gasteiger partial charge >= 0.3 is 6.18 Å². The van der Waals surface area contributed by atoms with Gasteiger partial charge in [-0.25, -0.2) is 12.8 Å². The molecule has 11 heteroatoms. The van der Waals surface area contributed by atoms with Crippen molar-refractivity contribution in [2.24, 2.45) is 0 Å². The van der Waals surface area contributed by atoms with Crippen molar-refractivity contribution >= 4 is 26.7 Å². The molecule has 6 nitrogen and oxygen atoms in total. The van der Waals surface area contributed by atoms with Gasteiger partial charge in [0.25, 0.3) is 10.0 Å². The van der Waals surface area contributed by atoms with E-state index < -0.39 is 21.8 Å². The Morgan fingerprint density at radius 1 is 0.944 bits per heavy atom. The lowest BCUT2D eigenvalue weighted by atomic mass is 10.1. The predicted octanol–water partition coefficient (Wildman–Crippen LogP) is 5.90. The number of fused-ring (bicyclic) bond motifs is 1. The van der Waals surface area contributed by atoms with E-state index in [2.05, 4.69) is 15.2 Å². The van der Waals surface area contributed by atoms with Crippen LogP contribution in [0.15, 0.2) is 76.1 Å². The van der Waals surface area contributed by atoms with Crippen LogP contribution < -0.4 is 10.0 Å². The van der Waals surface area contributed by atoms with Gasteiger partial charge in [0.1, 0.15) is 5.82 Å². The molecule has 190 valence electrons. The van der Waals surface area contributed by atoms with Crippen molar-refractivity contribution < 1.29 is 30.5 Å². The second kappa shape index (κ2) is 10.7. The molecule has 3 aromatic carbocycles. The highest BCUT2D eigenvalue weighted by atomic mass is 32.2. The van der Waals surface area contributed by atoms with Crippen LogP contribution in [0.2, 0.25) is 0 Å². The van der Waals surface area contributed by atoms with E-state index in [1.807, 2.05) is 6.07 Å². The van der Waals surface area contributed by atoms with E-state index in [0.29, 0.717) is 30.8 Å². The van der Waals surface area contributed by atoms with Crippen LogP contribution in [-0.4, -0.2) is 20.1 Å². The fourth-order valence-electron chi connectivity index (χ4n) is 3.70. The van der Waals surface area contributed by atoms with Gasteiger partial charge in [0.15, 0.2) is 5.58 Å². The predicted molar refractivity (Wildman–Crippen MR) is 127 cm³/mol. The lowest BCUT2D eigenvalue weighted by Crippen LogP contribution is -2.16. The van der Waals surface area contributed by atoms with Gasteiger partial charge in [0, 0.05) is 23.7 Å². The first kappa shape index (κ1) is 25.6. The number of nitrogens with zero attached hydrogens (tertiary/aromatic N) is 1. The summed E-state index contributed by atoms with van der Waals surface area (Å²) >= 11 is 0. The van der Waals surface area contributed by atoms with E-state index in [4.69, 9.17) is 4.52 Å². The molecule has 4 aromatic rings. The molecule has 0 unspecified atom stereocenters. The summed E-state index contributed by atoms with van der Waals surface area (Å²) in [5, 5.41) is 8.11. The van der Waals surface area contributed by atoms with Gasteiger partial charge in [-0.2, -0.15) is 13.2 Å². The van der Waals surface area contributed by atoms with Gasteiger partial charge in [-0.15, -0.1) is 0 Å². The van der Waals surface area contributed by atoms with E-state index >= 15 is 0 Å². The smallest absolute Gasteiger partial charge is 0.356 e. The third-order valence-corrected chi connectivity index (χ3v) is 6.92. The third-order valence-electron chi connectivity index (χ3n) is 5.53. The van der Waals surface area contributed by atoms with Gasteiger partial charge in [-0.05, 0) is 79.9 Å². The number of aryl methyl sites for hydroxylation is 1. The van der Waals surface area contributed by atoms with Crippen LogP contribution in [0.3, 0.4) is 0 Å². The van der Waals surface area contributed by atoms with E-state index in [0.717, 1.165) is 53.8 Å². The summed E-state index contributed by atoms with van der Waals surface area (Å²) in [6, 6.07) is 14.4. The molecule has 4 rings (SSSR count). The van der Waals surface area contributed by atoms with Crippen molar-refractivity contribution in [1.82, 2.24) is 10.5 Å². The molecule has 1 aromatic heterocycles. The summed E-state index contributed by atoms with van der Waals surface area (Å²) in [5.74, 6) is -0.370. The Hall–Kier alpha value is -3.44. The maximum Gasteiger partial charge on any atom is 0.416 e. The van der Waals surface area contributed by atoms with Crippen LogP contribution in [0.4, 0.5) is 23.2 Å². The molecule has 0 spiro atoms. The van der Waals surface area contributed by atoms with Crippen LogP contribution in [-0.2, 0) is 29.2 Å². The van der Waals surface area contributed by atoms with Crippen molar-refractivity contribution in [2.75, 3.05) is 11.3 Å². The second-order valence-electron chi connectivity index (χ2n) is 8.23. The molecule has 0 fully saturated rings. The zero-order valence-corrected chi connectivity index (χ0v) is 19.8. The van der Waals surface area contributed by atoms with Gasteiger partial charge in [0.05, 0.1) is 16.2 Å². The molecule has 0 aliphatic carbocycles. The average molecular weight is 522 g/mol. The van der Waals surface area contributed by atoms with E-state index in [9.17, 15) is 26.0 Å². The lowest BCUT2D eigenvalue weighted by Gasteiger charge is -2.11. The summed E-state index contributed by atoms with van der Waals surface area (Å²) in [6.07, 6.45) is -2.14. The molecular weight excluding hydrogens is 498 g/mol. The second-order valence-corrected chi connectivity index (χ2v) is 9.91. The third kappa shape index (κ3) is 6.41. The zero-order valence-electron chi connectivity index (χ0n) is 19.0. The summed E-state index contributed by atoms with van der Waals surface area (Å²) in [4.78, 5) is -0.260. The monoisotopic (exact) mass is 521 g/mol. The molecule has 0 aliphatic heterocycles. The van der Waals surface area contributed by atoms with Crippen molar-refractivity contribution in [3.05, 3.63) is 89.4 Å². The van der Waals surface area contributed by atoms with Crippen LogP contribution in [0.5, 0.6) is 0 Å². The minimum absolute atomic E-state index is 0.260.